The van der Waals surface area contributed by atoms with Crippen LogP contribution in [0.25, 0.3) is 22.1 Å². The number of rotatable bonds is 4. The Kier molecular flexibility index (Phi) is 5.08. The first-order valence-electron chi connectivity index (χ1n) is 9.02. The molecule has 0 N–H and O–H groups in total. The van der Waals surface area contributed by atoms with E-state index in [4.69, 9.17) is 9.15 Å². The van der Waals surface area contributed by atoms with Gasteiger partial charge < -0.3 is 0 Å². The Bertz CT molecular complexity index is 1210. The van der Waals surface area contributed by atoms with Crippen LogP contribution in [0.3, 0.4) is 0 Å². The van der Waals surface area contributed by atoms with Gasteiger partial charge in [0.2, 0.25) is 0 Å². The molecule has 0 radical (unpaired) electrons. The molecule has 0 saturated heterocycles. The average Bonchev–Trinajstić information content (AvgIpc) is 2.70. The molecule has 0 aliphatic carbocycles. The van der Waals surface area contributed by atoms with Crippen molar-refractivity contribution in [2.45, 2.75) is 13.8 Å². The van der Waals surface area contributed by atoms with Gasteiger partial charge in [-0.3, -0.25) is 0 Å². The van der Waals surface area contributed by atoms with E-state index >= 15 is 0 Å². The molecule has 0 aliphatic heterocycles. The van der Waals surface area contributed by atoms with E-state index in [1.807, 2.05) is 43.3 Å². The summed E-state index contributed by atoms with van der Waals surface area (Å²) in [6.07, 6.45) is 0. The summed E-state index contributed by atoms with van der Waals surface area (Å²) in [5, 5.41) is 0.938. The SMILES string of the molecule is COc1ccccc1-c1c([Se]c2ccc(C)cc2)c(=O)oc2ccc(C)cc12. The van der Waals surface area contributed by atoms with E-state index in [1.54, 1.807) is 7.11 Å². The van der Waals surface area contributed by atoms with Gasteiger partial charge in [-0.25, -0.2) is 0 Å². The third-order valence-corrected chi connectivity index (χ3v) is 6.91. The fourth-order valence-electron chi connectivity index (χ4n) is 3.23. The van der Waals surface area contributed by atoms with Gasteiger partial charge in [-0.15, -0.1) is 0 Å². The van der Waals surface area contributed by atoms with Crippen LogP contribution in [0.2, 0.25) is 0 Å². The predicted molar refractivity (Wildman–Crippen MR) is 115 cm³/mol. The van der Waals surface area contributed by atoms with Crippen LogP contribution in [0.1, 0.15) is 11.1 Å². The molecule has 0 fully saturated rings. The molecular weight excluding hydrogens is 415 g/mol. The van der Waals surface area contributed by atoms with Crippen molar-refractivity contribution in [3.8, 4) is 16.9 Å². The van der Waals surface area contributed by atoms with Gasteiger partial charge in [-0.1, -0.05) is 0 Å². The van der Waals surface area contributed by atoms with E-state index < -0.39 is 0 Å². The summed E-state index contributed by atoms with van der Waals surface area (Å²) in [6, 6.07) is 22.1. The maximum absolute atomic E-state index is 13.0. The molecule has 140 valence electrons. The van der Waals surface area contributed by atoms with E-state index in [-0.39, 0.29) is 20.6 Å². The van der Waals surface area contributed by atoms with Gasteiger partial charge in [0, 0.05) is 0 Å². The van der Waals surface area contributed by atoms with Gasteiger partial charge in [-0.05, 0) is 0 Å². The Hall–Kier alpha value is -2.81. The molecule has 1 aromatic heterocycles. The summed E-state index contributed by atoms with van der Waals surface area (Å²) in [5.41, 5.74) is 4.46. The summed E-state index contributed by atoms with van der Waals surface area (Å²) >= 11 is -0.192. The minimum absolute atomic E-state index is 0.192. The van der Waals surface area contributed by atoms with Crippen molar-refractivity contribution in [2.75, 3.05) is 7.11 Å². The van der Waals surface area contributed by atoms with Gasteiger partial charge >= 0.3 is 170 Å². The van der Waals surface area contributed by atoms with E-state index in [1.165, 1.54) is 5.56 Å². The normalized spacial score (nSPS) is 11.0. The Morgan fingerprint density at radius 2 is 1.61 bits per heavy atom. The Balaban J connectivity index is 2.04. The van der Waals surface area contributed by atoms with E-state index in [2.05, 4.69) is 37.3 Å². The molecule has 0 saturated carbocycles. The van der Waals surface area contributed by atoms with Crippen LogP contribution < -0.4 is 19.3 Å². The Morgan fingerprint density at radius 3 is 2.36 bits per heavy atom. The first-order chi connectivity index (χ1) is 13.6. The van der Waals surface area contributed by atoms with E-state index in [0.29, 0.717) is 10.0 Å². The maximum atomic E-state index is 13.0. The van der Waals surface area contributed by atoms with Crippen LogP contribution in [-0.4, -0.2) is 22.1 Å². The van der Waals surface area contributed by atoms with Crippen LogP contribution >= 0.6 is 0 Å². The third kappa shape index (κ3) is 3.49. The van der Waals surface area contributed by atoms with E-state index in [9.17, 15) is 4.79 Å². The molecule has 4 aromatic rings. The van der Waals surface area contributed by atoms with E-state index in [0.717, 1.165) is 32.3 Å². The fraction of sp³-hybridized carbons (Fsp3) is 0.125. The van der Waals surface area contributed by atoms with Crippen molar-refractivity contribution in [2.24, 2.45) is 0 Å². The monoisotopic (exact) mass is 436 g/mol. The number of aryl methyl sites for hydroxylation is 2. The molecule has 0 bridgehead atoms. The van der Waals surface area contributed by atoms with Crippen molar-refractivity contribution in [1.29, 1.82) is 0 Å². The summed E-state index contributed by atoms with van der Waals surface area (Å²) in [4.78, 5) is 13.0. The zero-order valence-electron chi connectivity index (χ0n) is 16.0. The third-order valence-electron chi connectivity index (χ3n) is 4.64. The summed E-state index contributed by atoms with van der Waals surface area (Å²) in [6.45, 7) is 4.10. The number of methoxy groups -OCH3 is 1. The molecule has 1 heterocycles. The molecular formula is C24H20O3Se. The zero-order chi connectivity index (χ0) is 19.7. The molecule has 0 aliphatic rings. The summed E-state index contributed by atoms with van der Waals surface area (Å²) in [5.74, 6) is 0.747. The van der Waals surface area contributed by atoms with Crippen LogP contribution in [0, 0.1) is 13.8 Å². The molecule has 28 heavy (non-hydrogen) atoms. The Labute approximate surface area is 170 Å². The number of fused-ring (bicyclic) bond motifs is 1. The van der Waals surface area contributed by atoms with Crippen molar-refractivity contribution in [3.05, 3.63) is 88.3 Å². The number of para-hydroxylation sites is 1. The number of hydrogen-bond donors (Lipinski definition) is 0. The molecule has 0 spiro atoms. The van der Waals surface area contributed by atoms with Crippen molar-refractivity contribution in [1.82, 2.24) is 0 Å². The minimum atomic E-state index is -0.280. The second-order valence-corrected chi connectivity index (χ2v) is 8.98. The van der Waals surface area contributed by atoms with Gasteiger partial charge in [0.25, 0.3) is 0 Å². The predicted octanol–water partition coefficient (Wildman–Crippen LogP) is 3.74. The quantitative estimate of drug-likeness (QED) is 0.362. The van der Waals surface area contributed by atoms with Gasteiger partial charge in [0.1, 0.15) is 0 Å². The molecule has 3 aromatic carbocycles. The molecule has 3 nitrogen and oxygen atoms in total. The summed E-state index contributed by atoms with van der Waals surface area (Å²) in [7, 11) is 1.66. The molecule has 0 atom stereocenters. The van der Waals surface area contributed by atoms with Crippen LogP contribution in [0.4, 0.5) is 0 Å². The fourth-order valence-corrected chi connectivity index (χ4v) is 5.24. The van der Waals surface area contributed by atoms with Crippen molar-refractivity contribution < 1.29 is 9.15 Å². The molecule has 4 heteroatoms. The van der Waals surface area contributed by atoms with Gasteiger partial charge in [-0.2, -0.15) is 0 Å². The molecule has 4 rings (SSSR count). The molecule has 0 amide bonds. The second kappa shape index (κ2) is 7.67. The van der Waals surface area contributed by atoms with Crippen LogP contribution in [0.15, 0.2) is 75.9 Å². The van der Waals surface area contributed by atoms with Gasteiger partial charge in [0.15, 0.2) is 0 Å². The molecule has 0 unspecified atom stereocenters. The van der Waals surface area contributed by atoms with Crippen molar-refractivity contribution >= 4 is 34.8 Å². The Morgan fingerprint density at radius 1 is 0.893 bits per heavy atom. The topological polar surface area (TPSA) is 39.4 Å². The number of hydrogen-bond acceptors (Lipinski definition) is 3. The standard InChI is InChI=1S/C24H20O3Se/c1-15-8-11-17(12-9-15)28-23-22(18-6-4-5-7-20(18)26-3)19-14-16(2)10-13-21(19)27-24(23)25/h4-14H,1-3H3. The van der Waals surface area contributed by atoms with Gasteiger partial charge in [0.05, 0.1) is 0 Å². The van der Waals surface area contributed by atoms with Crippen molar-refractivity contribution in [3.63, 3.8) is 0 Å². The number of benzene rings is 3. The van der Waals surface area contributed by atoms with Crippen LogP contribution in [-0.2, 0) is 0 Å². The average molecular weight is 435 g/mol. The number of ether oxygens (including phenoxy) is 1. The first kappa shape index (κ1) is 18.5. The zero-order valence-corrected chi connectivity index (χ0v) is 17.7. The van der Waals surface area contributed by atoms with Crippen LogP contribution in [0.5, 0.6) is 5.75 Å². The second-order valence-electron chi connectivity index (χ2n) is 6.71. The summed E-state index contributed by atoms with van der Waals surface area (Å²) < 4.78 is 13.2. The first-order valence-corrected chi connectivity index (χ1v) is 10.7.